The Morgan fingerprint density at radius 2 is 1.78 bits per heavy atom. The highest BCUT2D eigenvalue weighted by molar-refractivity contribution is 6.02. The first-order valence-corrected chi connectivity index (χ1v) is 8.33. The van der Waals surface area contributed by atoms with Gasteiger partial charge in [-0.15, -0.1) is 0 Å². The van der Waals surface area contributed by atoms with Crippen LogP contribution in [0.4, 0.5) is 5.69 Å². The molecule has 138 valence electrons. The molecule has 2 aromatic carbocycles. The molecule has 0 unspecified atom stereocenters. The fraction of sp³-hybridized carbons (Fsp3) is 0.143. The maximum absolute atomic E-state index is 12.3. The van der Waals surface area contributed by atoms with Crippen LogP contribution < -0.4 is 14.8 Å². The van der Waals surface area contributed by atoms with Crippen LogP contribution in [0.5, 0.6) is 11.5 Å². The maximum Gasteiger partial charge on any atom is 0.291 e. The summed E-state index contributed by atoms with van der Waals surface area (Å²) in [6, 6.07) is 17.2. The first-order valence-electron chi connectivity index (χ1n) is 8.33. The van der Waals surface area contributed by atoms with Crippen LogP contribution in [0.3, 0.4) is 0 Å². The Labute approximate surface area is 156 Å². The summed E-state index contributed by atoms with van der Waals surface area (Å²) in [5.41, 5.74) is 1.23. The molecule has 27 heavy (non-hydrogen) atoms. The van der Waals surface area contributed by atoms with Crippen LogP contribution >= 0.6 is 0 Å². The third-order valence-corrected chi connectivity index (χ3v) is 3.85. The molecule has 1 N–H and O–H groups in total. The van der Waals surface area contributed by atoms with Crippen molar-refractivity contribution in [3.63, 3.8) is 0 Å². The molecular weight excluding hydrogens is 346 g/mol. The third kappa shape index (κ3) is 4.76. The van der Waals surface area contributed by atoms with Gasteiger partial charge in [-0.25, -0.2) is 0 Å². The van der Waals surface area contributed by atoms with Gasteiger partial charge in [0.1, 0.15) is 23.9 Å². The Bertz CT molecular complexity index is 943. The van der Waals surface area contributed by atoms with Crippen molar-refractivity contribution in [3.8, 4) is 11.5 Å². The van der Waals surface area contributed by atoms with E-state index in [0.29, 0.717) is 28.5 Å². The molecule has 0 fully saturated rings. The average molecular weight is 365 g/mol. The number of rotatable bonds is 7. The SMILES string of the molecule is COc1cccc(NC(=O)c2ccc(COc3ccc(C(C)=O)cc3)o2)c1. The predicted octanol–water partition coefficient (Wildman–Crippen LogP) is 4.32. The van der Waals surface area contributed by atoms with Crippen LogP contribution in [0.2, 0.25) is 0 Å². The van der Waals surface area contributed by atoms with E-state index in [1.54, 1.807) is 67.8 Å². The van der Waals surface area contributed by atoms with Gasteiger partial charge in [0, 0.05) is 17.3 Å². The Balaban J connectivity index is 1.58. The second-order valence-electron chi connectivity index (χ2n) is 5.82. The van der Waals surface area contributed by atoms with Gasteiger partial charge in [0.15, 0.2) is 11.5 Å². The highest BCUT2D eigenvalue weighted by Gasteiger charge is 2.12. The van der Waals surface area contributed by atoms with Crippen molar-refractivity contribution in [1.29, 1.82) is 0 Å². The first kappa shape index (κ1) is 18.3. The third-order valence-electron chi connectivity index (χ3n) is 3.85. The van der Waals surface area contributed by atoms with Gasteiger partial charge in [-0.3, -0.25) is 9.59 Å². The lowest BCUT2D eigenvalue weighted by molar-refractivity contribution is 0.0990. The number of Topliss-reactive ketones (excluding diaryl/α,β-unsaturated/α-hetero) is 1. The largest absolute Gasteiger partial charge is 0.497 e. The van der Waals surface area contributed by atoms with Crippen LogP contribution in [0.15, 0.2) is 65.1 Å². The number of amides is 1. The van der Waals surface area contributed by atoms with Gasteiger partial charge in [-0.1, -0.05) is 6.07 Å². The van der Waals surface area contributed by atoms with E-state index in [2.05, 4.69) is 5.32 Å². The molecule has 3 aromatic rings. The van der Waals surface area contributed by atoms with E-state index >= 15 is 0 Å². The van der Waals surface area contributed by atoms with Crippen LogP contribution in [0.1, 0.15) is 33.6 Å². The lowest BCUT2D eigenvalue weighted by Gasteiger charge is -2.06. The minimum Gasteiger partial charge on any atom is -0.497 e. The molecule has 0 bridgehead atoms. The van der Waals surface area contributed by atoms with E-state index in [1.807, 2.05) is 0 Å². The topological polar surface area (TPSA) is 77.8 Å². The summed E-state index contributed by atoms with van der Waals surface area (Å²) in [6.07, 6.45) is 0. The van der Waals surface area contributed by atoms with Crippen molar-refractivity contribution >= 4 is 17.4 Å². The van der Waals surface area contributed by atoms with Crippen LogP contribution in [0, 0.1) is 0 Å². The summed E-state index contributed by atoms with van der Waals surface area (Å²) in [4.78, 5) is 23.6. The summed E-state index contributed by atoms with van der Waals surface area (Å²) in [5, 5.41) is 2.75. The molecule has 0 atom stereocenters. The number of hydrogen-bond acceptors (Lipinski definition) is 5. The van der Waals surface area contributed by atoms with Gasteiger partial charge in [-0.05, 0) is 55.5 Å². The molecule has 0 aliphatic heterocycles. The fourth-order valence-electron chi connectivity index (χ4n) is 2.41. The Morgan fingerprint density at radius 1 is 1.00 bits per heavy atom. The number of ketones is 1. The smallest absolute Gasteiger partial charge is 0.291 e. The van der Waals surface area contributed by atoms with Gasteiger partial charge in [0.2, 0.25) is 0 Å². The summed E-state index contributed by atoms with van der Waals surface area (Å²) in [7, 11) is 1.56. The van der Waals surface area contributed by atoms with Crippen molar-refractivity contribution in [2.24, 2.45) is 0 Å². The van der Waals surface area contributed by atoms with E-state index in [-0.39, 0.29) is 24.1 Å². The normalized spacial score (nSPS) is 10.3. The zero-order valence-electron chi connectivity index (χ0n) is 15.0. The second kappa shape index (κ2) is 8.23. The minimum atomic E-state index is -0.361. The number of methoxy groups -OCH3 is 1. The molecule has 0 radical (unpaired) electrons. The maximum atomic E-state index is 12.3. The Kier molecular flexibility index (Phi) is 5.56. The molecule has 3 rings (SSSR count). The van der Waals surface area contributed by atoms with Crippen molar-refractivity contribution in [1.82, 2.24) is 0 Å². The molecule has 6 nitrogen and oxygen atoms in total. The van der Waals surface area contributed by atoms with Gasteiger partial charge >= 0.3 is 0 Å². The Hall–Kier alpha value is -3.54. The number of hydrogen-bond donors (Lipinski definition) is 1. The highest BCUT2D eigenvalue weighted by atomic mass is 16.5. The lowest BCUT2D eigenvalue weighted by Crippen LogP contribution is -2.10. The molecule has 0 aliphatic rings. The van der Waals surface area contributed by atoms with E-state index in [9.17, 15) is 9.59 Å². The molecule has 0 saturated carbocycles. The molecule has 0 aliphatic carbocycles. The van der Waals surface area contributed by atoms with Crippen LogP contribution in [-0.4, -0.2) is 18.8 Å². The average Bonchev–Trinajstić information content (AvgIpc) is 3.16. The number of anilines is 1. The van der Waals surface area contributed by atoms with Crippen LogP contribution in [-0.2, 0) is 6.61 Å². The number of carbonyl (C=O) groups is 2. The van der Waals surface area contributed by atoms with Crippen molar-refractivity contribution in [2.75, 3.05) is 12.4 Å². The van der Waals surface area contributed by atoms with Crippen LogP contribution in [0.25, 0.3) is 0 Å². The molecule has 1 amide bonds. The van der Waals surface area contributed by atoms with Gasteiger partial charge in [-0.2, -0.15) is 0 Å². The number of carbonyl (C=O) groups excluding carboxylic acids is 2. The Morgan fingerprint density at radius 3 is 2.48 bits per heavy atom. The van der Waals surface area contributed by atoms with Gasteiger partial charge in [0.05, 0.1) is 7.11 Å². The summed E-state index contributed by atoms with van der Waals surface area (Å²) >= 11 is 0. The summed E-state index contributed by atoms with van der Waals surface area (Å²) < 4.78 is 16.3. The molecular formula is C21H19NO5. The number of furan rings is 1. The number of benzene rings is 2. The number of nitrogens with one attached hydrogen (secondary N) is 1. The fourth-order valence-corrected chi connectivity index (χ4v) is 2.41. The second-order valence-corrected chi connectivity index (χ2v) is 5.82. The van der Waals surface area contributed by atoms with Crippen molar-refractivity contribution in [3.05, 3.63) is 77.7 Å². The van der Waals surface area contributed by atoms with E-state index < -0.39 is 0 Å². The zero-order valence-corrected chi connectivity index (χ0v) is 15.0. The van der Waals surface area contributed by atoms with Crippen molar-refractivity contribution < 1.29 is 23.5 Å². The molecule has 0 spiro atoms. The first-order chi connectivity index (χ1) is 13.0. The number of ether oxygens (including phenoxy) is 2. The minimum absolute atomic E-state index is 0.000671. The van der Waals surface area contributed by atoms with Crippen molar-refractivity contribution in [2.45, 2.75) is 13.5 Å². The highest BCUT2D eigenvalue weighted by Crippen LogP contribution is 2.19. The van der Waals surface area contributed by atoms with E-state index in [4.69, 9.17) is 13.9 Å². The molecule has 1 heterocycles. The van der Waals surface area contributed by atoms with Gasteiger partial charge < -0.3 is 19.2 Å². The molecule has 6 heteroatoms. The van der Waals surface area contributed by atoms with E-state index in [1.165, 1.54) is 6.92 Å². The quantitative estimate of drug-likeness (QED) is 0.631. The summed E-state index contributed by atoms with van der Waals surface area (Å²) in [6.45, 7) is 1.68. The van der Waals surface area contributed by atoms with E-state index in [0.717, 1.165) is 0 Å². The molecule has 0 saturated heterocycles. The molecule has 1 aromatic heterocycles. The monoisotopic (exact) mass is 365 g/mol. The van der Waals surface area contributed by atoms with Gasteiger partial charge in [0.25, 0.3) is 5.91 Å². The summed E-state index contributed by atoms with van der Waals surface area (Å²) in [5.74, 6) is 1.60. The predicted molar refractivity (Wildman–Crippen MR) is 100 cm³/mol. The zero-order chi connectivity index (χ0) is 19.2. The standard InChI is InChI=1S/C21H19NO5/c1-14(23)15-6-8-17(9-7-15)26-13-19-10-11-20(27-19)21(24)22-16-4-3-5-18(12-16)25-2/h3-12H,13H2,1-2H3,(H,22,24). The lowest BCUT2D eigenvalue weighted by atomic mass is 10.1.